The molecule has 0 atom stereocenters. The summed E-state index contributed by atoms with van der Waals surface area (Å²) in [6.45, 7) is 0.732. The van der Waals surface area contributed by atoms with Crippen LogP contribution in [0.2, 0.25) is 0 Å². The summed E-state index contributed by atoms with van der Waals surface area (Å²) in [6.07, 6.45) is 4.87. The molecule has 1 aromatic carbocycles. The monoisotopic (exact) mass is 248 g/mol. The maximum absolute atomic E-state index is 11.6. The zero-order valence-electron chi connectivity index (χ0n) is 10.5. The Morgan fingerprint density at radius 2 is 2.00 bits per heavy atom. The Bertz CT molecular complexity index is 401. The molecule has 98 valence electrons. The molecule has 1 amide bonds. The molecule has 0 heterocycles. The van der Waals surface area contributed by atoms with Crippen LogP contribution < -0.4 is 10.6 Å². The van der Waals surface area contributed by atoms with Gasteiger partial charge in [-0.3, -0.25) is 4.79 Å². The van der Waals surface area contributed by atoms with Crippen molar-refractivity contribution in [2.45, 2.75) is 38.3 Å². The molecule has 1 fully saturated rings. The first-order valence-corrected chi connectivity index (χ1v) is 6.52. The van der Waals surface area contributed by atoms with Gasteiger partial charge in [0.05, 0.1) is 6.54 Å². The van der Waals surface area contributed by atoms with Crippen molar-refractivity contribution in [3.05, 3.63) is 29.8 Å². The van der Waals surface area contributed by atoms with E-state index in [9.17, 15) is 9.90 Å². The number of carbonyl (C=O) groups excluding carboxylic acids is 1. The maximum atomic E-state index is 11.6. The Balaban J connectivity index is 1.69. The summed E-state index contributed by atoms with van der Waals surface area (Å²) in [6, 6.07) is 7.54. The van der Waals surface area contributed by atoms with E-state index in [-0.39, 0.29) is 11.7 Å². The minimum Gasteiger partial charge on any atom is -0.508 e. The molecule has 0 saturated heterocycles. The average molecular weight is 248 g/mol. The van der Waals surface area contributed by atoms with Crippen LogP contribution >= 0.6 is 0 Å². The van der Waals surface area contributed by atoms with Gasteiger partial charge in [-0.2, -0.15) is 0 Å². The molecule has 3 N–H and O–H groups in total. The average Bonchev–Trinajstić information content (AvgIpc) is 2.88. The van der Waals surface area contributed by atoms with E-state index in [0.717, 1.165) is 5.56 Å². The summed E-state index contributed by atoms with van der Waals surface area (Å²) in [4.78, 5) is 11.6. The molecule has 1 aromatic rings. The molecule has 18 heavy (non-hydrogen) atoms. The minimum absolute atomic E-state index is 0.0230. The normalized spacial score (nSPS) is 15.8. The lowest BCUT2D eigenvalue weighted by molar-refractivity contribution is -0.120. The predicted molar refractivity (Wildman–Crippen MR) is 70.2 cm³/mol. The molecule has 0 spiro atoms. The highest BCUT2D eigenvalue weighted by molar-refractivity contribution is 5.78. The second-order valence-corrected chi connectivity index (χ2v) is 4.77. The molecule has 1 saturated carbocycles. The number of hydrogen-bond acceptors (Lipinski definition) is 3. The van der Waals surface area contributed by atoms with Crippen LogP contribution in [0.15, 0.2) is 24.3 Å². The van der Waals surface area contributed by atoms with Gasteiger partial charge in [0.2, 0.25) is 5.91 Å². The lowest BCUT2D eigenvalue weighted by atomic mass is 10.2. The van der Waals surface area contributed by atoms with Gasteiger partial charge in [0.15, 0.2) is 0 Å². The van der Waals surface area contributed by atoms with Crippen LogP contribution in [-0.4, -0.2) is 23.6 Å². The molecule has 1 aliphatic carbocycles. The third-order valence-corrected chi connectivity index (χ3v) is 3.37. The second-order valence-electron chi connectivity index (χ2n) is 4.77. The van der Waals surface area contributed by atoms with Crippen molar-refractivity contribution < 1.29 is 9.90 Å². The smallest absolute Gasteiger partial charge is 0.234 e. The predicted octanol–water partition coefficient (Wildman–Crippen LogP) is 1.54. The van der Waals surface area contributed by atoms with Crippen molar-refractivity contribution in [3.63, 3.8) is 0 Å². The fourth-order valence-electron chi connectivity index (χ4n) is 2.28. The standard InChI is InChI=1S/C14H20N2O2/c17-13-8-4-1-5-11(13)9-16-14(18)10-15-12-6-2-3-7-12/h1,4-5,8,12,15,17H,2-3,6-7,9-10H2,(H,16,18). The lowest BCUT2D eigenvalue weighted by Crippen LogP contribution is -2.37. The fourth-order valence-corrected chi connectivity index (χ4v) is 2.28. The van der Waals surface area contributed by atoms with Crippen molar-refractivity contribution in [2.24, 2.45) is 0 Å². The van der Waals surface area contributed by atoms with Gasteiger partial charge in [-0.15, -0.1) is 0 Å². The molecular formula is C14H20N2O2. The Labute approximate surface area is 107 Å². The zero-order chi connectivity index (χ0) is 12.8. The quantitative estimate of drug-likeness (QED) is 0.740. The van der Waals surface area contributed by atoms with Crippen LogP contribution in [0.1, 0.15) is 31.2 Å². The maximum Gasteiger partial charge on any atom is 0.234 e. The van der Waals surface area contributed by atoms with E-state index >= 15 is 0 Å². The largest absolute Gasteiger partial charge is 0.508 e. The molecule has 0 aliphatic heterocycles. The molecule has 0 bridgehead atoms. The van der Waals surface area contributed by atoms with E-state index in [2.05, 4.69) is 10.6 Å². The molecule has 0 unspecified atom stereocenters. The molecule has 0 aromatic heterocycles. The highest BCUT2D eigenvalue weighted by Gasteiger charge is 2.15. The van der Waals surface area contributed by atoms with Crippen LogP contribution in [-0.2, 0) is 11.3 Å². The van der Waals surface area contributed by atoms with Crippen LogP contribution in [0.3, 0.4) is 0 Å². The van der Waals surface area contributed by atoms with Crippen molar-refractivity contribution in [3.8, 4) is 5.75 Å². The highest BCUT2D eigenvalue weighted by Crippen LogP contribution is 2.17. The van der Waals surface area contributed by atoms with Gasteiger partial charge in [-0.1, -0.05) is 31.0 Å². The Morgan fingerprint density at radius 1 is 1.28 bits per heavy atom. The lowest BCUT2D eigenvalue weighted by Gasteiger charge is -2.12. The van der Waals surface area contributed by atoms with Gasteiger partial charge in [0, 0.05) is 18.2 Å². The third kappa shape index (κ3) is 3.74. The molecule has 4 heteroatoms. The minimum atomic E-state index is -0.0230. The van der Waals surface area contributed by atoms with E-state index in [4.69, 9.17) is 0 Å². The number of phenolic OH excluding ortho intramolecular Hbond substituents is 1. The first-order valence-electron chi connectivity index (χ1n) is 6.52. The van der Waals surface area contributed by atoms with E-state index < -0.39 is 0 Å². The number of benzene rings is 1. The van der Waals surface area contributed by atoms with Crippen molar-refractivity contribution in [2.75, 3.05) is 6.54 Å². The van der Waals surface area contributed by atoms with E-state index in [1.807, 2.05) is 6.07 Å². The Hall–Kier alpha value is -1.55. The third-order valence-electron chi connectivity index (χ3n) is 3.37. The first-order chi connectivity index (χ1) is 8.75. The highest BCUT2D eigenvalue weighted by atomic mass is 16.3. The summed E-state index contributed by atoms with van der Waals surface area (Å²) < 4.78 is 0. The van der Waals surface area contributed by atoms with E-state index in [1.165, 1.54) is 25.7 Å². The van der Waals surface area contributed by atoms with Crippen LogP contribution in [0.5, 0.6) is 5.75 Å². The molecular weight excluding hydrogens is 228 g/mol. The number of rotatable bonds is 5. The summed E-state index contributed by atoms with van der Waals surface area (Å²) in [7, 11) is 0. The molecule has 1 aliphatic rings. The first kappa shape index (κ1) is 12.9. The Kier molecular flexibility index (Phi) is 4.59. The zero-order valence-corrected chi connectivity index (χ0v) is 10.5. The van der Waals surface area contributed by atoms with Crippen LogP contribution in [0.4, 0.5) is 0 Å². The number of aromatic hydroxyl groups is 1. The summed E-state index contributed by atoms with van der Waals surface area (Å²) in [5.74, 6) is 0.201. The molecule has 2 rings (SSSR count). The fraction of sp³-hybridized carbons (Fsp3) is 0.500. The van der Waals surface area contributed by atoms with Gasteiger partial charge in [-0.25, -0.2) is 0 Å². The number of phenols is 1. The van der Waals surface area contributed by atoms with Gasteiger partial charge in [0.1, 0.15) is 5.75 Å². The van der Waals surface area contributed by atoms with Crippen LogP contribution in [0, 0.1) is 0 Å². The van der Waals surface area contributed by atoms with Crippen molar-refractivity contribution >= 4 is 5.91 Å². The summed E-state index contributed by atoms with van der Waals surface area (Å²) in [5.41, 5.74) is 0.742. The summed E-state index contributed by atoms with van der Waals surface area (Å²) >= 11 is 0. The molecule has 4 nitrogen and oxygen atoms in total. The van der Waals surface area contributed by atoms with Gasteiger partial charge in [-0.05, 0) is 18.9 Å². The van der Waals surface area contributed by atoms with Gasteiger partial charge >= 0.3 is 0 Å². The number of nitrogens with one attached hydrogen (secondary N) is 2. The SMILES string of the molecule is O=C(CNC1CCCC1)NCc1ccccc1O. The molecule has 0 radical (unpaired) electrons. The second kappa shape index (κ2) is 6.40. The number of hydrogen-bond donors (Lipinski definition) is 3. The Morgan fingerprint density at radius 3 is 2.72 bits per heavy atom. The van der Waals surface area contributed by atoms with Crippen LogP contribution in [0.25, 0.3) is 0 Å². The van der Waals surface area contributed by atoms with E-state index in [1.54, 1.807) is 18.2 Å². The van der Waals surface area contributed by atoms with Crippen molar-refractivity contribution in [1.82, 2.24) is 10.6 Å². The number of carbonyl (C=O) groups is 1. The van der Waals surface area contributed by atoms with Gasteiger partial charge in [0.25, 0.3) is 0 Å². The van der Waals surface area contributed by atoms with E-state index in [0.29, 0.717) is 19.1 Å². The van der Waals surface area contributed by atoms with Crippen molar-refractivity contribution in [1.29, 1.82) is 0 Å². The number of para-hydroxylation sites is 1. The number of amides is 1. The van der Waals surface area contributed by atoms with Gasteiger partial charge < -0.3 is 15.7 Å². The summed E-state index contributed by atoms with van der Waals surface area (Å²) in [5, 5.41) is 15.6. The topological polar surface area (TPSA) is 61.4 Å².